The van der Waals surface area contributed by atoms with E-state index >= 15 is 0 Å². The summed E-state index contributed by atoms with van der Waals surface area (Å²) >= 11 is 3.75. The first-order valence-corrected chi connectivity index (χ1v) is 9.65. The van der Waals surface area contributed by atoms with Gasteiger partial charge in [-0.1, -0.05) is 6.42 Å². The number of aryl methyl sites for hydroxylation is 2. The van der Waals surface area contributed by atoms with E-state index < -0.39 is 0 Å². The first-order chi connectivity index (χ1) is 10.1. The fourth-order valence-corrected chi connectivity index (χ4v) is 4.48. The highest BCUT2D eigenvalue weighted by atomic mass is 127. The van der Waals surface area contributed by atoms with Crippen LogP contribution < -0.4 is 10.6 Å². The van der Waals surface area contributed by atoms with Gasteiger partial charge >= 0.3 is 0 Å². The van der Waals surface area contributed by atoms with Crippen molar-refractivity contribution in [1.82, 2.24) is 15.6 Å². The van der Waals surface area contributed by atoms with Crippen molar-refractivity contribution in [1.29, 1.82) is 0 Å². The van der Waals surface area contributed by atoms with Crippen LogP contribution in [0.3, 0.4) is 0 Å². The van der Waals surface area contributed by atoms with Crippen molar-refractivity contribution >= 4 is 53.0 Å². The Bertz CT molecular complexity index is 490. The highest BCUT2D eigenvalue weighted by molar-refractivity contribution is 14.0. The van der Waals surface area contributed by atoms with Gasteiger partial charge in [-0.05, 0) is 39.4 Å². The normalized spacial score (nSPS) is 22.1. The minimum absolute atomic E-state index is 0. The van der Waals surface area contributed by atoms with Crippen molar-refractivity contribution in [2.45, 2.75) is 57.4 Å². The third-order valence-corrected chi connectivity index (χ3v) is 6.11. The number of thioether (sulfide) groups is 1. The van der Waals surface area contributed by atoms with Crippen LogP contribution in [0.1, 0.15) is 41.3 Å². The predicted molar refractivity (Wildman–Crippen MR) is 110 cm³/mol. The first-order valence-electron chi connectivity index (χ1n) is 7.55. The molecule has 2 atom stereocenters. The maximum Gasteiger partial charge on any atom is 0.191 e. The molecule has 7 heteroatoms. The van der Waals surface area contributed by atoms with Gasteiger partial charge in [0, 0.05) is 23.2 Å². The van der Waals surface area contributed by atoms with E-state index in [-0.39, 0.29) is 24.0 Å². The second-order valence-corrected chi connectivity index (χ2v) is 7.96. The predicted octanol–water partition coefficient (Wildman–Crippen LogP) is 3.72. The van der Waals surface area contributed by atoms with E-state index in [9.17, 15) is 0 Å². The lowest BCUT2D eigenvalue weighted by molar-refractivity contribution is 0.419. The Morgan fingerprint density at radius 3 is 2.77 bits per heavy atom. The molecule has 2 unspecified atom stereocenters. The molecule has 1 aromatic heterocycles. The zero-order chi connectivity index (χ0) is 15.2. The first kappa shape index (κ1) is 20.0. The van der Waals surface area contributed by atoms with Crippen molar-refractivity contribution < 1.29 is 0 Å². The van der Waals surface area contributed by atoms with Crippen molar-refractivity contribution in [3.05, 3.63) is 15.6 Å². The minimum Gasteiger partial charge on any atom is -0.354 e. The highest BCUT2D eigenvalue weighted by Crippen LogP contribution is 2.26. The average Bonchev–Trinajstić information content (AvgIpc) is 2.81. The Balaban J connectivity index is 0.00000242. The topological polar surface area (TPSA) is 49.3 Å². The molecule has 1 heterocycles. The molecule has 4 nitrogen and oxygen atoms in total. The molecule has 2 rings (SSSR count). The zero-order valence-corrected chi connectivity index (χ0v) is 17.8. The summed E-state index contributed by atoms with van der Waals surface area (Å²) in [6.45, 7) is 4.93. The molecule has 0 aromatic carbocycles. The van der Waals surface area contributed by atoms with Gasteiger partial charge in [0.05, 0.1) is 17.2 Å². The summed E-state index contributed by atoms with van der Waals surface area (Å²) in [5.41, 5.74) is 1.13. The van der Waals surface area contributed by atoms with Crippen LogP contribution in [0.15, 0.2) is 4.99 Å². The Labute approximate surface area is 159 Å². The number of nitrogens with zero attached hydrogens (tertiary/aromatic N) is 2. The fourth-order valence-electron chi connectivity index (χ4n) is 2.78. The van der Waals surface area contributed by atoms with Crippen molar-refractivity contribution in [3.63, 3.8) is 0 Å². The number of thiazole rings is 1. The third-order valence-electron chi connectivity index (χ3n) is 3.94. The molecule has 1 fully saturated rings. The van der Waals surface area contributed by atoms with Crippen LogP contribution in [-0.2, 0) is 6.54 Å². The van der Waals surface area contributed by atoms with Crippen LogP contribution in [0.25, 0.3) is 0 Å². The van der Waals surface area contributed by atoms with E-state index in [0.29, 0.717) is 6.04 Å². The van der Waals surface area contributed by atoms with Gasteiger partial charge in [-0.25, -0.2) is 4.98 Å². The Morgan fingerprint density at radius 1 is 1.41 bits per heavy atom. The Kier molecular flexibility index (Phi) is 9.08. The second kappa shape index (κ2) is 9.97. The standard InChI is InChI=1S/C15H26N4S2.HI/c1-10-14(21-11(2)18-10)9-17-15(16-3)19-12-6-5-7-13(8-12)20-4;/h12-13H,5-9H2,1-4H3,(H2,16,17,19);1H. The van der Waals surface area contributed by atoms with Gasteiger partial charge in [-0.2, -0.15) is 11.8 Å². The SMILES string of the molecule is CN=C(NCc1sc(C)nc1C)NC1CCCC(SC)C1.I. The monoisotopic (exact) mass is 454 g/mol. The van der Waals surface area contributed by atoms with E-state index in [1.54, 1.807) is 11.3 Å². The minimum atomic E-state index is 0. The Hall–Kier alpha value is -0.0200. The van der Waals surface area contributed by atoms with Crippen molar-refractivity contribution in [2.75, 3.05) is 13.3 Å². The Morgan fingerprint density at radius 2 is 2.18 bits per heavy atom. The van der Waals surface area contributed by atoms with E-state index in [2.05, 4.69) is 40.7 Å². The molecule has 22 heavy (non-hydrogen) atoms. The van der Waals surface area contributed by atoms with E-state index in [1.807, 2.05) is 18.8 Å². The van der Waals surface area contributed by atoms with Gasteiger partial charge in [0.1, 0.15) is 0 Å². The molecule has 1 aliphatic carbocycles. The molecule has 0 spiro atoms. The summed E-state index contributed by atoms with van der Waals surface area (Å²) in [5.74, 6) is 0.909. The van der Waals surface area contributed by atoms with Crippen LogP contribution in [0, 0.1) is 13.8 Å². The van der Waals surface area contributed by atoms with Gasteiger partial charge < -0.3 is 10.6 Å². The molecule has 2 N–H and O–H groups in total. The fraction of sp³-hybridized carbons (Fsp3) is 0.733. The molecular weight excluding hydrogens is 427 g/mol. The summed E-state index contributed by atoms with van der Waals surface area (Å²) in [5, 5.41) is 8.92. The van der Waals surface area contributed by atoms with E-state index in [1.165, 1.54) is 30.6 Å². The summed E-state index contributed by atoms with van der Waals surface area (Å²) in [6.07, 6.45) is 7.37. The molecule has 0 bridgehead atoms. The van der Waals surface area contributed by atoms with Gasteiger partial charge in [0.2, 0.25) is 0 Å². The lowest BCUT2D eigenvalue weighted by Crippen LogP contribution is -2.45. The van der Waals surface area contributed by atoms with Crippen LogP contribution >= 0.6 is 47.1 Å². The van der Waals surface area contributed by atoms with Crippen LogP contribution in [0.2, 0.25) is 0 Å². The molecule has 0 aliphatic heterocycles. The van der Waals surface area contributed by atoms with Gasteiger partial charge in [-0.3, -0.25) is 4.99 Å². The summed E-state index contributed by atoms with van der Waals surface area (Å²) in [6, 6.07) is 0.548. The summed E-state index contributed by atoms with van der Waals surface area (Å²) < 4.78 is 0. The smallest absolute Gasteiger partial charge is 0.191 e. The van der Waals surface area contributed by atoms with Gasteiger partial charge in [-0.15, -0.1) is 35.3 Å². The van der Waals surface area contributed by atoms with Crippen LogP contribution in [0.5, 0.6) is 0 Å². The lowest BCUT2D eigenvalue weighted by Gasteiger charge is -2.29. The highest BCUT2D eigenvalue weighted by Gasteiger charge is 2.21. The number of hydrogen-bond donors (Lipinski definition) is 2. The summed E-state index contributed by atoms with van der Waals surface area (Å²) in [4.78, 5) is 10.1. The molecule has 1 aliphatic rings. The number of rotatable bonds is 4. The van der Waals surface area contributed by atoms with Gasteiger partial charge in [0.15, 0.2) is 5.96 Å². The average molecular weight is 454 g/mol. The van der Waals surface area contributed by atoms with Crippen molar-refractivity contribution in [3.8, 4) is 0 Å². The van der Waals surface area contributed by atoms with E-state index in [0.717, 1.165) is 28.5 Å². The van der Waals surface area contributed by atoms with Crippen molar-refractivity contribution in [2.24, 2.45) is 4.99 Å². The third kappa shape index (κ3) is 5.88. The molecule has 1 saturated carbocycles. The second-order valence-electron chi connectivity index (χ2n) is 5.53. The number of nitrogens with one attached hydrogen (secondary N) is 2. The number of aliphatic imine (C=N–C) groups is 1. The number of aromatic nitrogens is 1. The molecule has 0 amide bonds. The quantitative estimate of drug-likeness (QED) is 0.414. The number of guanidine groups is 1. The van der Waals surface area contributed by atoms with Crippen LogP contribution in [0.4, 0.5) is 0 Å². The maximum absolute atomic E-state index is 4.47. The maximum atomic E-state index is 4.47. The lowest BCUT2D eigenvalue weighted by atomic mass is 9.95. The molecule has 1 aromatic rings. The molecule has 126 valence electrons. The molecular formula is C15H27IN4S2. The molecule has 0 radical (unpaired) electrons. The number of hydrogen-bond acceptors (Lipinski definition) is 4. The van der Waals surface area contributed by atoms with E-state index in [4.69, 9.17) is 0 Å². The van der Waals surface area contributed by atoms with Gasteiger partial charge in [0.25, 0.3) is 0 Å². The zero-order valence-electron chi connectivity index (χ0n) is 13.8. The largest absolute Gasteiger partial charge is 0.354 e. The number of halogens is 1. The molecule has 0 saturated heterocycles. The summed E-state index contributed by atoms with van der Waals surface area (Å²) in [7, 11) is 1.84. The van der Waals surface area contributed by atoms with Crippen LogP contribution in [-0.4, -0.2) is 35.5 Å².